The van der Waals surface area contributed by atoms with E-state index in [0.717, 1.165) is 12.1 Å². The number of amides is 1. The molecule has 1 saturated heterocycles. The van der Waals surface area contributed by atoms with E-state index in [0.29, 0.717) is 13.0 Å². The number of aliphatic hydroxyl groups is 1. The van der Waals surface area contributed by atoms with Crippen molar-refractivity contribution in [2.24, 2.45) is 0 Å². The molecule has 0 aromatic heterocycles. The summed E-state index contributed by atoms with van der Waals surface area (Å²) in [5, 5.41) is 9.34. The van der Waals surface area contributed by atoms with Crippen molar-refractivity contribution in [1.29, 1.82) is 0 Å². The summed E-state index contributed by atoms with van der Waals surface area (Å²) < 4.78 is 37.9. The molecule has 3 N–H and O–H groups in total. The van der Waals surface area contributed by atoms with Gasteiger partial charge >= 0.3 is 6.18 Å². The van der Waals surface area contributed by atoms with Crippen LogP contribution in [0.3, 0.4) is 0 Å². The summed E-state index contributed by atoms with van der Waals surface area (Å²) in [5.41, 5.74) is 4.23. The summed E-state index contributed by atoms with van der Waals surface area (Å²) in [6.45, 7) is 0.463. The number of likely N-dealkylation sites (tertiary alicyclic amines) is 1. The molecule has 1 aromatic rings. The number of aliphatic hydroxyl groups excluding tert-OH is 1. The van der Waals surface area contributed by atoms with Crippen LogP contribution >= 0.6 is 0 Å². The third-order valence-corrected chi connectivity index (χ3v) is 2.98. The van der Waals surface area contributed by atoms with Gasteiger partial charge in [-0.05, 0) is 24.6 Å². The van der Waals surface area contributed by atoms with Crippen LogP contribution in [-0.4, -0.2) is 35.1 Å². The summed E-state index contributed by atoms with van der Waals surface area (Å²) in [4.78, 5) is 13.3. The number of rotatable bonds is 1. The monoisotopic (exact) mass is 274 g/mol. The Morgan fingerprint density at radius 2 is 2.05 bits per heavy atom. The fraction of sp³-hybridized carbons (Fsp3) is 0.417. The van der Waals surface area contributed by atoms with Gasteiger partial charge in [0.25, 0.3) is 5.91 Å². The van der Waals surface area contributed by atoms with Gasteiger partial charge in [-0.15, -0.1) is 0 Å². The fourth-order valence-corrected chi connectivity index (χ4v) is 2.05. The largest absolute Gasteiger partial charge is 0.416 e. The van der Waals surface area contributed by atoms with E-state index in [1.807, 2.05) is 0 Å². The van der Waals surface area contributed by atoms with Crippen LogP contribution in [-0.2, 0) is 6.18 Å². The molecule has 1 heterocycles. The van der Waals surface area contributed by atoms with Gasteiger partial charge < -0.3 is 15.7 Å². The zero-order valence-electron chi connectivity index (χ0n) is 9.94. The number of anilines is 1. The van der Waals surface area contributed by atoms with Crippen LogP contribution in [0.5, 0.6) is 0 Å². The molecule has 0 bridgehead atoms. The van der Waals surface area contributed by atoms with Gasteiger partial charge in [0.05, 0.1) is 11.7 Å². The third kappa shape index (κ3) is 2.98. The Morgan fingerprint density at radius 3 is 2.58 bits per heavy atom. The van der Waals surface area contributed by atoms with Crippen molar-refractivity contribution in [3.63, 3.8) is 0 Å². The number of carbonyl (C=O) groups excluding carboxylic acids is 1. The number of benzene rings is 1. The molecule has 19 heavy (non-hydrogen) atoms. The summed E-state index contributed by atoms with van der Waals surface area (Å²) in [6.07, 6.45) is -4.73. The number of carbonyl (C=O) groups is 1. The maximum absolute atomic E-state index is 12.6. The molecule has 7 heteroatoms. The third-order valence-electron chi connectivity index (χ3n) is 2.98. The average Bonchev–Trinajstić information content (AvgIpc) is 2.73. The number of nitrogens with zero attached hydrogens (tertiary/aromatic N) is 1. The van der Waals surface area contributed by atoms with Gasteiger partial charge in [-0.2, -0.15) is 13.2 Å². The van der Waals surface area contributed by atoms with Crippen LogP contribution in [0.4, 0.5) is 18.9 Å². The van der Waals surface area contributed by atoms with Crippen molar-refractivity contribution >= 4 is 11.6 Å². The van der Waals surface area contributed by atoms with Crippen LogP contribution in [0.1, 0.15) is 22.3 Å². The first-order valence-electron chi connectivity index (χ1n) is 5.72. The number of nitrogen functional groups attached to an aromatic ring is 1. The molecule has 1 unspecified atom stereocenters. The van der Waals surface area contributed by atoms with Crippen LogP contribution in [0.15, 0.2) is 18.2 Å². The molecule has 1 aliphatic rings. The number of alkyl halides is 3. The maximum Gasteiger partial charge on any atom is 0.416 e. The van der Waals surface area contributed by atoms with Crippen molar-refractivity contribution in [2.45, 2.75) is 18.7 Å². The van der Waals surface area contributed by atoms with Crippen molar-refractivity contribution in [1.82, 2.24) is 4.90 Å². The molecule has 1 atom stereocenters. The van der Waals surface area contributed by atoms with E-state index in [1.54, 1.807) is 0 Å². The van der Waals surface area contributed by atoms with Crippen molar-refractivity contribution < 1.29 is 23.1 Å². The minimum atomic E-state index is -4.55. The first kappa shape index (κ1) is 13.7. The molecular weight excluding hydrogens is 261 g/mol. The molecule has 1 aromatic carbocycles. The van der Waals surface area contributed by atoms with E-state index < -0.39 is 23.8 Å². The highest BCUT2D eigenvalue weighted by atomic mass is 19.4. The molecule has 2 rings (SSSR count). The van der Waals surface area contributed by atoms with Crippen LogP contribution in [0, 0.1) is 0 Å². The van der Waals surface area contributed by atoms with E-state index in [9.17, 15) is 23.1 Å². The Hall–Kier alpha value is -1.76. The molecule has 0 radical (unpaired) electrons. The van der Waals surface area contributed by atoms with Gasteiger partial charge in [0, 0.05) is 24.3 Å². The molecule has 104 valence electrons. The Morgan fingerprint density at radius 1 is 1.37 bits per heavy atom. The summed E-state index contributed by atoms with van der Waals surface area (Å²) in [7, 11) is 0. The first-order valence-corrected chi connectivity index (χ1v) is 5.72. The van der Waals surface area contributed by atoms with Crippen molar-refractivity contribution in [3.8, 4) is 0 Å². The first-order chi connectivity index (χ1) is 8.77. The quantitative estimate of drug-likeness (QED) is 0.763. The second kappa shape index (κ2) is 4.73. The van der Waals surface area contributed by atoms with E-state index >= 15 is 0 Å². The highest BCUT2D eigenvalue weighted by Crippen LogP contribution is 2.31. The molecular formula is C12H13F3N2O2. The van der Waals surface area contributed by atoms with Gasteiger partial charge in [-0.3, -0.25) is 4.79 Å². The molecule has 0 saturated carbocycles. The number of hydrogen-bond acceptors (Lipinski definition) is 3. The molecule has 1 aliphatic heterocycles. The Labute approximate surface area is 107 Å². The predicted octanol–water partition coefficient (Wildman–Crippen LogP) is 1.49. The van der Waals surface area contributed by atoms with Gasteiger partial charge in [-0.25, -0.2) is 0 Å². The lowest BCUT2D eigenvalue weighted by molar-refractivity contribution is -0.137. The fourth-order valence-electron chi connectivity index (χ4n) is 2.05. The molecule has 1 amide bonds. The smallest absolute Gasteiger partial charge is 0.399 e. The molecule has 0 aliphatic carbocycles. The number of halogens is 3. The van der Waals surface area contributed by atoms with Crippen molar-refractivity contribution in [2.75, 3.05) is 18.8 Å². The highest BCUT2D eigenvalue weighted by Gasteiger charge is 2.33. The second-order valence-electron chi connectivity index (χ2n) is 4.54. The Balaban J connectivity index is 2.29. The molecule has 1 fully saturated rings. The zero-order chi connectivity index (χ0) is 14.2. The number of nitrogens with two attached hydrogens (primary N) is 1. The zero-order valence-corrected chi connectivity index (χ0v) is 9.94. The topological polar surface area (TPSA) is 66.6 Å². The Bertz CT molecular complexity index is 502. The normalized spacial score (nSPS) is 19.8. The van der Waals surface area contributed by atoms with Crippen LogP contribution < -0.4 is 5.73 Å². The van der Waals surface area contributed by atoms with Gasteiger partial charge in [0.2, 0.25) is 0 Å². The lowest BCUT2D eigenvalue weighted by Gasteiger charge is -2.17. The highest BCUT2D eigenvalue weighted by molar-refractivity contribution is 5.95. The van der Waals surface area contributed by atoms with Crippen LogP contribution in [0.2, 0.25) is 0 Å². The minimum absolute atomic E-state index is 0.110. The molecule has 4 nitrogen and oxygen atoms in total. The van der Waals surface area contributed by atoms with E-state index in [4.69, 9.17) is 5.73 Å². The van der Waals surface area contributed by atoms with Gasteiger partial charge in [0.1, 0.15) is 0 Å². The van der Waals surface area contributed by atoms with E-state index in [2.05, 4.69) is 0 Å². The SMILES string of the molecule is Nc1cc(C(=O)N2CCC(O)C2)cc(C(F)(F)F)c1. The van der Waals surface area contributed by atoms with Gasteiger partial charge in [0.15, 0.2) is 0 Å². The summed E-state index contributed by atoms with van der Waals surface area (Å²) in [5.74, 6) is -0.547. The lowest BCUT2D eigenvalue weighted by Crippen LogP contribution is -2.29. The van der Waals surface area contributed by atoms with E-state index in [-0.39, 0.29) is 17.8 Å². The minimum Gasteiger partial charge on any atom is -0.399 e. The van der Waals surface area contributed by atoms with Crippen LogP contribution in [0.25, 0.3) is 0 Å². The van der Waals surface area contributed by atoms with E-state index in [1.165, 1.54) is 11.0 Å². The standard InChI is InChI=1S/C12H13F3N2O2/c13-12(14,15)8-3-7(4-9(16)5-8)11(19)17-2-1-10(18)6-17/h3-5,10,18H,1-2,6,16H2. The summed E-state index contributed by atoms with van der Waals surface area (Å²) in [6, 6.07) is 2.78. The maximum atomic E-state index is 12.6. The lowest BCUT2D eigenvalue weighted by atomic mass is 10.1. The Kier molecular flexibility index (Phi) is 3.40. The predicted molar refractivity (Wildman–Crippen MR) is 62.4 cm³/mol. The molecule has 0 spiro atoms. The van der Waals surface area contributed by atoms with Gasteiger partial charge in [-0.1, -0.05) is 0 Å². The van der Waals surface area contributed by atoms with Crippen molar-refractivity contribution in [3.05, 3.63) is 29.3 Å². The second-order valence-corrected chi connectivity index (χ2v) is 4.54. The number of hydrogen-bond donors (Lipinski definition) is 2. The summed E-state index contributed by atoms with van der Waals surface area (Å²) >= 11 is 0. The number of β-amino-alcohol motifs (C(OH)–C–C–N with tert-alkyl or cyclic N) is 1. The average molecular weight is 274 g/mol.